The third-order valence-electron chi connectivity index (χ3n) is 3.50. The molecule has 0 bridgehead atoms. The predicted molar refractivity (Wildman–Crippen MR) is 90.4 cm³/mol. The first-order chi connectivity index (χ1) is 10.2. The van der Waals surface area contributed by atoms with Crippen LogP contribution < -0.4 is 16.7 Å². The number of hydrogen-bond acceptors (Lipinski definition) is 3. The lowest BCUT2D eigenvalue weighted by Crippen LogP contribution is -2.33. The highest BCUT2D eigenvalue weighted by Crippen LogP contribution is 2.12. The number of aryl methyl sites for hydroxylation is 1. The van der Waals surface area contributed by atoms with E-state index in [4.69, 9.17) is 5.73 Å². The van der Waals surface area contributed by atoms with Gasteiger partial charge in [0.25, 0.3) is 0 Å². The maximum atomic E-state index is 12.4. The summed E-state index contributed by atoms with van der Waals surface area (Å²) in [6, 6.07) is 7.53. The number of halogens is 1. The van der Waals surface area contributed by atoms with E-state index < -0.39 is 0 Å². The molecule has 7 heteroatoms. The number of fused-ring (bicyclic) bond motifs is 1. The average molecular weight is 327 g/mol. The van der Waals surface area contributed by atoms with Gasteiger partial charge in [0.2, 0.25) is 5.91 Å². The maximum Gasteiger partial charge on any atom is 0.329 e. The molecule has 0 spiro atoms. The first-order valence-corrected chi connectivity index (χ1v) is 7.33. The Balaban J connectivity index is 0.00000242. The molecule has 3 N–H and O–H groups in total. The number of carbonyl (C=O) groups excluding carboxylic acids is 1. The monoisotopic (exact) mass is 326 g/mol. The second-order valence-electron chi connectivity index (χ2n) is 4.95. The van der Waals surface area contributed by atoms with E-state index in [0.717, 1.165) is 23.9 Å². The molecule has 1 heterocycles. The van der Waals surface area contributed by atoms with E-state index in [1.807, 2.05) is 31.2 Å². The summed E-state index contributed by atoms with van der Waals surface area (Å²) in [4.78, 5) is 24.3. The van der Waals surface area contributed by atoms with Gasteiger partial charge < -0.3 is 11.1 Å². The van der Waals surface area contributed by atoms with Crippen LogP contribution in [0.4, 0.5) is 0 Å². The van der Waals surface area contributed by atoms with E-state index in [2.05, 4.69) is 5.32 Å². The first-order valence-electron chi connectivity index (χ1n) is 7.33. The van der Waals surface area contributed by atoms with Crippen molar-refractivity contribution >= 4 is 29.3 Å². The van der Waals surface area contributed by atoms with Crippen molar-refractivity contribution in [3.63, 3.8) is 0 Å². The largest absolute Gasteiger partial charge is 0.355 e. The molecular formula is C15H23ClN4O2. The number of aromatic nitrogens is 2. The number of rotatable bonds is 7. The molecule has 1 amide bonds. The fourth-order valence-corrected chi connectivity index (χ4v) is 2.43. The Morgan fingerprint density at radius 1 is 1.18 bits per heavy atom. The number of imidazole rings is 1. The lowest BCUT2D eigenvalue weighted by molar-refractivity contribution is -0.121. The molecule has 0 radical (unpaired) electrons. The lowest BCUT2D eigenvalue weighted by Gasteiger charge is -2.05. The molecule has 0 aliphatic rings. The summed E-state index contributed by atoms with van der Waals surface area (Å²) in [5.74, 6) is -0.145. The van der Waals surface area contributed by atoms with E-state index in [-0.39, 0.29) is 30.5 Å². The molecule has 0 fully saturated rings. The van der Waals surface area contributed by atoms with E-state index >= 15 is 0 Å². The zero-order valence-corrected chi connectivity index (χ0v) is 13.6. The molecule has 2 aromatic rings. The van der Waals surface area contributed by atoms with E-state index in [1.165, 1.54) is 4.57 Å². The normalized spacial score (nSPS) is 10.5. The van der Waals surface area contributed by atoms with Crippen LogP contribution in [0.15, 0.2) is 29.1 Å². The first kappa shape index (κ1) is 18.3. The van der Waals surface area contributed by atoms with Crippen molar-refractivity contribution in [1.29, 1.82) is 0 Å². The van der Waals surface area contributed by atoms with Gasteiger partial charge in [0.15, 0.2) is 0 Å². The summed E-state index contributed by atoms with van der Waals surface area (Å²) in [5.41, 5.74) is 6.92. The van der Waals surface area contributed by atoms with Crippen LogP contribution in [0.25, 0.3) is 11.0 Å². The maximum absolute atomic E-state index is 12.4. The Hall–Kier alpha value is -1.79. The molecule has 0 aliphatic heterocycles. The second kappa shape index (κ2) is 8.60. The number of hydrogen-bond donors (Lipinski definition) is 2. The van der Waals surface area contributed by atoms with Crippen molar-refractivity contribution in [3.8, 4) is 0 Å². The van der Waals surface area contributed by atoms with Gasteiger partial charge in [0.05, 0.1) is 11.0 Å². The van der Waals surface area contributed by atoms with Crippen LogP contribution in [-0.2, 0) is 17.9 Å². The Labute approximate surface area is 135 Å². The number of unbranched alkanes of at least 4 members (excludes halogenated alkanes) is 1. The summed E-state index contributed by atoms with van der Waals surface area (Å²) in [5, 5.41) is 2.82. The van der Waals surface area contributed by atoms with Crippen molar-refractivity contribution in [2.24, 2.45) is 5.73 Å². The van der Waals surface area contributed by atoms with Crippen LogP contribution in [0, 0.1) is 0 Å². The molecule has 0 saturated heterocycles. The predicted octanol–water partition coefficient (Wildman–Crippen LogP) is 1.10. The molecule has 0 unspecified atom stereocenters. The average Bonchev–Trinajstić information content (AvgIpc) is 2.76. The highest BCUT2D eigenvalue weighted by Gasteiger charge is 2.13. The quantitative estimate of drug-likeness (QED) is 0.747. The molecule has 6 nitrogen and oxygen atoms in total. The van der Waals surface area contributed by atoms with Gasteiger partial charge in [-0.05, 0) is 38.4 Å². The summed E-state index contributed by atoms with van der Waals surface area (Å²) >= 11 is 0. The summed E-state index contributed by atoms with van der Waals surface area (Å²) in [7, 11) is 0. The van der Waals surface area contributed by atoms with E-state index in [9.17, 15) is 9.59 Å². The van der Waals surface area contributed by atoms with Gasteiger partial charge in [0, 0.05) is 13.1 Å². The summed E-state index contributed by atoms with van der Waals surface area (Å²) < 4.78 is 3.20. The minimum Gasteiger partial charge on any atom is -0.355 e. The van der Waals surface area contributed by atoms with Gasteiger partial charge in [0.1, 0.15) is 6.54 Å². The van der Waals surface area contributed by atoms with Crippen LogP contribution >= 0.6 is 12.4 Å². The van der Waals surface area contributed by atoms with Crippen molar-refractivity contribution in [3.05, 3.63) is 34.7 Å². The van der Waals surface area contributed by atoms with Gasteiger partial charge in [-0.2, -0.15) is 0 Å². The molecule has 0 atom stereocenters. The number of benzene rings is 1. The van der Waals surface area contributed by atoms with E-state index in [1.54, 1.807) is 4.57 Å². The zero-order valence-electron chi connectivity index (χ0n) is 12.7. The van der Waals surface area contributed by atoms with Gasteiger partial charge in [-0.1, -0.05) is 12.1 Å². The standard InChI is InChI=1S/C15H22N4O2.ClH/c1-2-18-12-7-3-4-8-13(12)19(15(18)21)11-14(20)17-10-6-5-9-16;/h3-4,7-8H,2,5-6,9-11,16H2,1H3,(H,17,20);1H. The third-order valence-corrected chi connectivity index (χ3v) is 3.50. The number of para-hydroxylation sites is 2. The van der Waals surface area contributed by atoms with Gasteiger partial charge in [-0.3, -0.25) is 13.9 Å². The van der Waals surface area contributed by atoms with Gasteiger partial charge in [-0.25, -0.2) is 4.79 Å². The third kappa shape index (κ3) is 3.90. The van der Waals surface area contributed by atoms with Crippen LogP contribution in [0.5, 0.6) is 0 Å². The van der Waals surface area contributed by atoms with Crippen LogP contribution in [0.2, 0.25) is 0 Å². The fraction of sp³-hybridized carbons (Fsp3) is 0.467. The Kier molecular flexibility index (Phi) is 7.14. The summed E-state index contributed by atoms with van der Waals surface area (Å²) in [6.07, 6.45) is 1.74. The van der Waals surface area contributed by atoms with Crippen molar-refractivity contribution in [2.75, 3.05) is 13.1 Å². The number of amides is 1. The summed E-state index contributed by atoms with van der Waals surface area (Å²) in [6.45, 7) is 3.78. The number of nitrogens with one attached hydrogen (secondary N) is 1. The van der Waals surface area contributed by atoms with Gasteiger partial charge in [-0.15, -0.1) is 12.4 Å². The van der Waals surface area contributed by atoms with Crippen LogP contribution in [0.1, 0.15) is 19.8 Å². The smallest absolute Gasteiger partial charge is 0.329 e. The van der Waals surface area contributed by atoms with Crippen molar-refractivity contribution in [1.82, 2.24) is 14.5 Å². The molecule has 22 heavy (non-hydrogen) atoms. The zero-order chi connectivity index (χ0) is 15.2. The molecule has 122 valence electrons. The SMILES string of the molecule is CCn1c(=O)n(CC(=O)NCCCCN)c2ccccc21.Cl. The van der Waals surface area contributed by atoms with Crippen molar-refractivity contribution in [2.45, 2.75) is 32.9 Å². The number of nitrogens with two attached hydrogens (primary N) is 1. The minimum absolute atomic E-state index is 0. The topological polar surface area (TPSA) is 82.0 Å². The lowest BCUT2D eigenvalue weighted by atomic mass is 10.3. The van der Waals surface area contributed by atoms with E-state index in [0.29, 0.717) is 19.6 Å². The Bertz CT molecular complexity index is 678. The minimum atomic E-state index is -0.145. The highest BCUT2D eigenvalue weighted by molar-refractivity contribution is 5.85. The van der Waals surface area contributed by atoms with Crippen molar-refractivity contribution < 1.29 is 4.79 Å². The Morgan fingerprint density at radius 3 is 2.41 bits per heavy atom. The molecule has 1 aromatic carbocycles. The highest BCUT2D eigenvalue weighted by atomic mass is 35.5. The van der Waals surface area contributed by atoms with Gasteiger partial charge >= 0.3 is 5.69 Å². The van der Waals surface area contributed by atoms with Crippen LogP contribution in [0.3, 0.4) is 0 Å². The molecule has 0 saturated carbocycles. The fourth-order valence-electron chi connectivity index (χ4n) is 2.43. The molecule has 2 rings (SSSR count). The Morgan fingerprint density at radius 2 is 1.82 bits per heavy atom. The second-order valence-corrected chi connectivity index (χ2v) is 4.95. The van der Waals surface area contributed by atoms with Crippen LogP contribution in [-0.4, -0.2) is 28.1 Å². The number of carbonyl (C=O) groups is 1. The molecule has 0 aliphatic carbocycles. The molecule has 1 aromatic heterocycles. The number of nitrogens with zero attached hydrogens (tertiary/aromatic N) is 2. The molecular weight excluding hydrogens is 304 g/mol.